The molecule has 3 aliphatic heterocycles. The molecule has 2 fully saturated rings. The van der Waals surface area contributed by atoms with E-state index < -0.39 is 0 Å². The van der Waals surface area contributed by atoms with Gasteiger partial charge in [0.2, 0.25) is 0 Å². The maximum Gasteiger partial charge on any atom is 0.324 e. The number of hydrogen-bond donors (Lipinski definition) is 0. The van der Waals surface area contributed by atoms with Gasteiger partial charge in [-0.2, -0.15) is 4.98 Å². The molecule has 30 heavy (non-hydrogen) atoms. The van der Waals surface area contributed by atoms with Crippen molar-refractivity contribution >= 4 is 6.01 Å². The normalized spacial score (nSPS) is 24.7. The smallest absolute Gasteiger partial charge is 0.324 e. The molecule has 0 radical (unpaired) electrons. The standard InChI is InChI=1S/C22H31N5O3/c1-15(2)20-23-22(30-24-20)26-11-16-10-18(14-26)19-5-4-17(21(28)27(19)12-16)13-25-6-3-8-29-9-7-25/h4-5,15-16,18H,3,6-14H2,1-2H3/t16-,18+/m0/s1. The Hall–Kier alpha value is -2.19. The number of rotatable bonds is 4. The van der Waals surface area contributed by atoms with Gasteiger partial charge in [-0.3, -0.25) is 9.69 Å². The molecular weight excluding hydrogens is 382 g/mol. The van der Waals surface area contributed by atoms with Gasteiger partial charge in [0.1, 0.15) is 0 Å². The van der Waals surface area contributed by atoms with E-state index in [9.17, 15) is 4.79 Å². The van der Waals surface area contributed by atoms with Gasteiger partial charge in [0.05, 0.1) is 6.61 Å². The van der Waals surface area contributed by atoms with Crippen LogP contribution in [0.5, 0.6) is 0 Å². The number of hydrogen-bond acceptors (Lipinski definition) is 7. The number of fused-ring (bicyclic) bond motifs is 4. The molecule has 3 aliphatic rings. The Bertz CT molecular complexity index is 944. The average Bonchev–Trinajstić information content (AvgIpc) is 3.10. The van der Waals surface area contributed by atoms with Crippen molar-refractivity contribution in [2.75, 3.05) is 44.3 Å². The lowest BCUT2D eigenvalue weighted by atomic mass is 9.83. The van der Waals surface area contributed by atoms with Crippen LogP contribution in [-0.4, -0.2) is 59.0 Å². The SMILES string of the molecule is CC(C)c1noc(N2C[C@@H]3C[C@H](C2)c2ccc(CN4CCCOCC4)c(=O)n2C3)n1. The summed E-state index contributed by atoms with van der Waals surface area (Å²) in [5.74, 6) is 1.74. The van der Waals surface area contributed by atoms with E-state index in [1.54, 1.807) is 0 Å². The third kappa shape index (κ3) is 3.78. The fraction of sp³-hybridized carbons (Fsp3) is 0.682. The Kier molecular flexibility index (Phi) is 5.37. The van der Waals surface area contributed by atoms with Gasteiger partial charge in [0.25, 0.3) is 5.56 Å². The molecule has 0 amide bonds. The van der Waals surface area contributed by atoms with Crippen molar-refractivity contribution in [3.63, 3.8) is 0 Å². The molecule has 5 rings (SSSR count). The first-order valence-electron chi connectivity index (χ1n) is 11.2. The van der Waals surface area contributed by atoms with Gasteiger partial charge >= 0.3 is 6.01 Å². The molecular formula is C22H31N5O3. The van der Waals surface area contributed by atoms with Crippen LogP contribution in [0.1, 0.15) is 55.6 Å². The molecule has 2 atom stereocenters. The maximum atomic E-state index is 13.3. The number of piperidine rings is 1. The first-order chi connectivity index (χ1) is 14.6. The van der Waals surface area contributed by atoms with Crippen LogP contribution in [0.25, 0.3) is 0 Å². The second kappa shape index (κ2) is 8.15. The van der Waals surface area contributed by atoms with Crippen LogP contribution in [0.15, 0.2) is 21.5 Å². The Morgan fingerprint density at radius 1 is 1.17 bits per heavy atom. The molecule has 5 heterocycles. The van der Waals surface area contributed by atoms with E-state index in [0.717, 1.165) is 75.9 Å². The third-order valence-electron chi connectivity index (χ3n) is 6.61. The zero-order chi connectivity index (χ0) is 20.7. The van der Waals surface area contributed by atoms with Crippen LogP contribution in [0.3, 0.4) is 0 Å². The average molecular weight is 414 g/mol. The topological polar surface area (TPSA) is 76.6 Å². The fourth-order valence-electron chi connectivity index (χ4n) is 5.05. The highest BCUT2D eigenvalue weighted by Crippen LogP contribution is 2.36. The molecule has 2 saturated heterocycles. The highest BCUT2D eigenvalue weighted by molar-refractivity contribution is 5.32. The molecule has 0 spiro atoms. The summed E-state index contributed by atoms with van der Waals surface area (Å²) < 4.78 is 13.1. The van der Waals surface area contributed by atoms with E-state index in [4.69, 9.17) is 9.26 Å². The van der Waals surface area contributed by atoms with Gasteiger partial charge in [-0.05, 0) is 24.8 Å². The number of ether oxygens (including phenoxy) is 1. The van der Waals surface area contributed by atoms with E-state index in [-0.39, 0.29) is 11.5 Å². The largest absolute Gasteiger partial charge is 0.380 e. The van der Waals surface area contributed by atoms with Crippen molar-refractivity contribution in [3.05, 3.63) is 39.6 Å². The van der Waals surface area contributed by atoms with Gasteiger partial charge in [0, 0.05) is 69.0 Å². The minimum Gasteiger partial charge on any atom is -0.380 e. The van der Waals surface area contributed by atoms with Crippen molar-refractivity contribution in [1.29, 1.82) is 0 Å². The summed E-state index contributed by atoms with van der Waals surface area (Å²) in [6.45, 7) is 10.7. The van der Waals surface area contributed by atoms with Crippen LogP contribution in [-0.2, 0) is 17.8 Å². The lowest BCUT2D eigenvalue weighted by molar-refractivity contribution is 0.140. The van der Waals surface area contributed by atoms with Crippen LogP contribution >= 0.6 is 0 Å². The molecule has 0 aliphatic carbocycles. The first-order valence-corrected chi connectivity index (χ1v) is 11.2. The van der Waals surface area contributed by atoms with Crippen LogP contribution in [0.2, 0.25) is 0 Å². The molecule has 0 unspecified atom stereocenters. The van der Waals surface area contributed by atoms with E-state index in [1.165, 1.54) is 0 Å². The first kappa shape index (κ1) is 19.8. The highest BCUT2D eigenvalue weighted by Gasteiger charge is 2.36. The molecule has 2 aromatic heterocycles. The van der Waals surface area contributed by atoms with Gasteiger partial charge in [-0.15, -0.1) is 0 Å². The van der Waals surface area contributed by atoms with E-state index >= 15 is 0 Å². The lowest BCUT2D eigenvalue weighted by Crippen LogP contribution is -2.48. The van der Waals surface area contributed by atoms with Gasteiger partial charge < -0.3 is 18.7 Å². The Morgan fingerprint density at radius 3 is 2.90 bits per heavy atom. The van der Waals surface area contributed by atoms with Gasteiger partial charge in [-0.1, -0.05) is 25.1 Å². The third-order valence-corrected chi connectivity index (χ3v) is 6.61. The zero-order valence-corrected chi connectivity index (χ0v) is 17.9. The van der Waals surface area contributed by atoms with Crippen LogP contribution in [0.4, 0.5) is 6.01 Å². The lowest BCUT2D eigenvalue weighted by Gasteiger charge is -2.42. The van der Waals surface area contributed by atoms with Crippen molar-refractivity contribution in [2.24, 2.45) is 5.92 Å². The Morgan fingerprint density at radius 2 is 2.07 bits per heavy atom. The summed E-state index contributed by atoms with van der Waals surface area (Å²) in [5.41, 5.74) is 2.23. The summed E-state index contributed by atoms with van der Waals surface area (Å²) >= 11 is 0. The summed E-state index contributed by atoms with van der Waals surface area (Å²) in [6, 6.07) is 4.83. The van der Waals surface area contributed by atoms with E-state index in [0.29, 0.717) is 24.4 Å². The predicted octanol–water partition coefficient (Wildman–Crippen LogP) is 2.20. The second-order valence-electron chi connectivity index (χ2n) is 9.23. The quantitative estimate of drug-likeness (QED) is 0.760. The van der Waals surface area contributed by atoms with Gasteiger partial charge in [-0.25, -0.2) is 0 Å². The fourth-order valence-corrected chi connectivity index (χ4v) is 5.05. The summed E-state index contributed by atoms with van der Waals surface area (Å²) in [7, 11) is 0. The Balaban J connectivity index is 1.36. The molecule has 8 nitrogen and oxygen atoms in total. The van der Waals surface area contributed by atoms with Crippen LogP contribution < -0.4 is 10.5 Å². The number of nitrogens with zero attached hydrogens (tertiary/aromatic N) is 5. The summed E-state index contributed by atoms with van der Waals surface area (Å²) in [4.78, 5) is 22.4. The second-order valence-corrected chi connectivity index (χ2v) is 9.23. The number of pyridine rings is 1. The van der Waals surface area contributed by atoms with Gasteiger partial charge in [0.15, 0.2) is 5.82 Å². The molecule has 162 valence electrons. The molecule has 0 aromatic carbocycles. The number of anilines is 1. The molecule has 0 N–H and O–H groups in total. The van der Waals surface area contributed by atoms with E-state index in [1.807, 2.05) is 10.6 Å². The minimum absolute atomic E-state index is 0.181. The maximum absolute atomic E-state index is 13.3. The Labute approximate surface area is 176 Å². The minimum atomic E-state index is 0.181. The predicted molar refractivity (Wildman–Crippen MR) is 113 cm³/mol. The highest BCUT2D eigenvalue weighted by atomic mass is 16.5. The van der Waals surface area contributed by atoms with Crippen molar-refractivity contribution < 1.29 is 9.26 Å². The van der Waals surface area contributed by atoms with Crippen LogP contribution in [0, 0.1) is 5.92 Å². The van der Waals surface area contributed by atoms with Crippen molar-refractivity contribution in [1.82, 2.24) is 19.6 Å². The summed E-state index contributed by atoms with van der Waals surface area (Å²) in [6.07, 6.45) is 2.14. The van der Waals surface area contributed by atoms with Crippen molar-refractivity contribution in [3.8, 4) is 0 Å². The molecule has 2 bridgehead atoms. The molecule has 0 saturated carbocycles. The number of aromatic nitrogens is 3. The monoisotopic (exact) mass is 413 g/mol. The summed E-state index contributed by atoms with van der Waals surface area (Å²) in [5, 5.41) is 4.12. The molecule has 2 aromatic rings. The molecule has 8 heteroatoms. The zero-order valence-electron chi connectivity index (χ0n) is 17.9. The van der Waals surface area contributed by atoms with Crippen molar-refractivity contribution in [2.45, 2.75) is 51.6 Å². The van der Waals surface area contributed by atoms with E-state index in [2.05, 4.69) is 39.9 Å².